The molecular formula is C18H22N4O3S. The van der Waals surface area contributed by atoms with E-state index in [9.17, 15) is 9.59 Å². The maximum Gasteiger partial charge on any atom is 0.272 e. The topological polar surface area (TPSA) is 76.5 Å². The van der Waals surface area contributed by atoms with Crippen LogP contribution in [0.2, 0.25) is 0 Å². The molecule has 0 bridgehead atoms. The predicted molar refractivity (Wildman–Crippen MR) is 96.7 cm³/mol. The lowest BCUT2D eigenvalue weighted by atomic mass is 9.98. The van der Waals surface area contributed by atoms with Crippen LogP contribution in [0.15, 0.2) is 29.8 Å². The van der Waals surface area contributed by atoms with Gasteiger partial charge in [0.2, 0.25) is 5.91 Å². The fourth-order valence-electron chi connectivity index (χ4n) is 3.80. The number of ether oxygens (including phenoxy) is 1. The van der Waals surface area contributed by atoms with Gasteiger partial charge in [0.05, 0.1) is 18.7 Å². The van der Waals surface area contributed by atoms with E-state index in [1.54, 1.807) is 35.3 Å². The molecule has 138 valence electrons. The lowest BCUT2D eigenvalue weighted by molar-refractivity contribution is -0.143. The molecule has 0 spiro atoms. The molecule has 2 fully saturated rings. The SMILES string of the molecule is Cn1nccc1C(=O)N1CC[C@H]2O[C@H](C(=O)NCc3cccs3)CC[C@H]21. The molecule has 0 radical (unpaired) electrons. The van der Waals surface area contributed by atoms with E-state index in [-0.39, 0.29) is 24.0 Å². The summed E-state index contributed by atoms with van der Waals surface area (Å²) >= 11 is 1.62. The first-order valence-electron chi connectivity index (χ1n) is 8.88. The Morgan fingerprint density at radius 1 is 1.35 bits per heavy atom. The van der Waals surface area contributed by atoms with E-state index in [4.69, 9.17) is 4.74 Å². The number of carbonyl (C=O) groups excluding carboxylic acids is 2. The molecule has 2 aliphatic heterocycles. The molecule has 2 aromatic heterocycles. The van der Waals surface area contributed by atoms with Gasteiger partial charge in [0.25, 0.3) is 5.91 Å². The minimum absolute atomic E-state index is 0.0123. The zero-order valence-electron chi connectivity index (χ0n) is 14.6. The summed E-state index contributed by atoms with van der Waals surface area (Å²) in [5.74, 6) is -0.0741. The number of nitrogens with one attached hydrogen (secondary N) is 1. The molecule has 0 saturated carbocycles. The Kier molecular flexibility index (Phi) is 4.78. The van der Waals surface area contributed by atoms with Crippen molar-refractivity contribution < 1.29 is 14.3 Å². The van der Waals surface area contributed by atoms with Gasteiger partial charge < -0.3 is 15.0 Å². The Morgan fingerprint density at radius 3 is 2.96 bits per heavy atom. The summed E-state index contributed by atoms with van der Waals surface area (Å²) in [6, 6.07) is 5.75. The number of hydrogen-bond donors (Lipinski definition) is 1. The van der Waals surface area contributed by atoms with Gasteiger partial charge in [-0.3, -0.25) is 14.3 Å². The van der Waals surface area contributed by atoms with Gasteiger partial charge in [0.15, 0.2) is 0 Å². The number of amides is 2. The number of aryl methyl sites for hydroxylation is 1. The van der Waals surface area contributed by atoms with Crippen LogP contribution < -0.4 is 5.32 Å². The molecule has 4 rings (SSSR count). The Morgan fingerprint density at radius 2 is 2.23 bits per heavy atom. The fourth-order valence-corrected chi connectivity index (χ4v) is 4.45. The monoisotopic (exact) mass is 374 g/mol. The first kappa shape index (κ1) is 17.2. The van der Waals surface area contributed by atoms with E-state index in [0.29, 0.717) is 25.2 Å². The molecule has 1 N–H and O–H groups in total. The molecule has 7 nitrogen and oxygen atoms in total. The van der Waals surface area contributed by atoms with Crippen molar-refractivity contribution in [3.05, 3.63) is 40.3 Å². The van der Waals surface area contributed by atoms with Crippen LogP contribution in [-0.4, -0.2) is 51.3 Å². The predicted octanol–water partition coefficient (Wildman–Crippen LogP) is 1.56. The molecule has 2 amide bonds. The van der Waals surface area contributed by atoms with E-state index in [1.807, 2.05) is 22.4 Å². The van der Waals surface area contributed by atoms with E-state index < -0.39 is 6.10 Å². The number of fused-ring (bicyclic) bond motifs is 1. The number of hydrogen-bond acceptors (Lipinski definition) is 5. The highest BCUT2D eigenvalue weighted by Crippen LogP contribution is 2.32. The fraction of sp³-hybridized carbons (Fsp3) is 0.500. The summed E-state index contributed by atoms with van der Waals surface area (Å²) in [4.78, 5) is 28.2. The summed E-state index contributed by atoms with van der Waals surface area (Å²) in [6.45, 7) is 1.19. The van der Waals surface area contributed by atoms with Crippen molar-refractivity contribution in [3.8, 4) is 0 Å². The van der Waals surface area contributed by atoms with Crippen molar-refractivity contribution in [2.75, 3.05) is 6.54 Å². The first-order chi connectivity index (χ1) is 12.6. The van der Waals surface area contributed by atoms with Crippen LogP contribution in [0.25, 0.3) is 0 Å². The van der Waals surface area contributed by atoms with Gasteiger partial charge in [0, 0.05) is 24.7 Å². The zero-order chi connectivity index (χ0) is 18.1. The summed E-state index contributed by atoms with van der Waals surface area (Å²) in [7, 11) is 1.77. The number of likely N-dealkylation sites (tertiary alicyclic amines) is 1. The largest absolute Gasteiger partial charge is 0.363 e. The maximum absolute atomic E-state index is 12.8. The number of nitrogens with zero attached hydrogens (tertiary/aromatic N) is 3. The summed E-state index contributed by atoms with van der Waals surface area (Å²) in [5.41, 5.74) is 0.585. The first-order valence-corrected chi connectivity index (χ1v) is 9.76. The number of thiophene rings is 1. The van der Waals surface area contributed by atoms with Gasteiger partial charge >= 0.3 is 0 Å². The molecule has 0 aliphatic carbocycles. The van der Waals surface area contributed by atoms with E-state index in [1.165, 1.54) is 0 Å². The number of carbonyl (C=O) groups is 2. The van der Waals surface area contributed by atoms with Crippen molar-refractivity contribution in [3.63, 3.8) is 0 Å². The van der Waals surface area contributed by atoms with Crippen molar-refractivity contribution in [1.29, 1.82) is 0 Å². The smallest absolute Gasteiger partial charge is 0.272 e. The molecular weight excluding hydrogens is 352 g/mol. The summed E-state index contributed by atoms with van der Waals surface area (Å²) in [6.07, 6.45) is 3.31. The van der Waals surface area contributed by atoms with Crippen LogP contribution in [0.5, 0.6) is 0 Å². The highest BCUT2D eigenvalue weighted by Gasteiger charge is 2.44. The highest BCUT2D eigenvalue weighted by atomic mass is 32.1. The molecule has 0 unspecified atom stereocenters. The van der Waals surface area contributed by atoms with Gasteiger partial charge in [-0.1, -0.05) is 6.07 Å². The molecule has 3 atom stereocenters. The van der Waals surface area contributed by atoms with Crippen LogP contribution in [0.3, 0.4) is 0 Å². The van der Waals surface area contributed by atoms with Gasteiger partial charge in [-0.2, -0.15) is 5.10 Å². The maximum atomic E-state index is 12.8. The minimum Gasteiger partial charge on any atom is -0.363 e. The van der Waals surface area contributed by atoms with E-state index in [2.05, 4.69) is 10.4 Å². The molecule has 4 heterocycles. The molecule has 26 heavy (non-hydrogen) atoms. The summed E-state index contributed by atoms with van der Waals surface area (Å²) < 4.78 is 7.64. The van der Waals surface area contributed by atoms with Crippen molar-refractivity contribution in [1.82, 2.24) is 20.0 Å². The highest BCUT2D eigenvalue weighted by molar-refractivity contribution is 7.09. The van der Waals surface area contributed by atoms with Crippen molar-refractivity contribution >= 4 is 23.2 Å². The second kappa shape index (κ2) is 7.20. The molecule has 2 aromatic rings. The summed E-state index contributed by atoms with van der Waals surface area (Å²) in [5, 5.41) is 9.02. The zero-order valence-corrected chi connectivity index (χ0v) is 15.4. The van der Waals surface area contributed by atoms with Crippen molar-refractivity contribution in [2.24, 2.45) is 7.05 Å². The number of aromatic nitrogens is 2. The minimum atomic E-state index is -0.428. The van der Waals surface area contributed by atoms with Gasteiger partial charge in [0.1, 0.15) is 11.8 Å². The third kappa shape index (κ3) is 3.26. The lowest BCUT2D eigenvalue weighted by Crippen LogP contribution is -2.49. The second-order valence-electron chi connectivity index (χ2n) is 6.73. The van der Waals surface area contributed by atoms with Crippen LogP contribution in [0, 0.1) is 0 Å². The average Bonchev–Trinajstić information content (AvgIpc) is 3.39. The Balaban J connectivity index is 1.35. The van der Waals surface area contributed by atoms with Crippen molar-refractivity contribution in [2.45, 2.75) is 44.1 Å². The molecule has 0 aromatic carbocycles. The van der Waals surface area contributed by atoms with Crippen LogP contribution in [-0.2, 0) is 23.1 Å². The molecule has 2 saturated heterocycles. The Bertz CT molecular complexity index is 788. The normalized spacial score (nSPS) is 25.1. The average molecular weight is 374 g/mol. The third-order valence-corrected chi connectivity index (χ3v) is 6.03. The third-order valence-electron chi connectivity index (χ3n) is 5.16. The van der Waals surface area contributed by atoms with Gasteiger partial charge in [-0.05, 0) is 36.8 Å². The Labute approximate surface area is 155 Å². The molecule has 2 aliphatic rings. The van der Waals surface area contributed by atoms with Crippen LogP contribution >= 0.6 is 11.3 Å². The van der Waals surface area contributed by atoms with Gasteiger partial charge in [-0.25, -0.2) is 0 Å². The van der Waals surface area contributed by atoms with E-state index >= 15 is 0 Å². The quantitative estimate of drug-likeness (QED) is 0.881. The second-order valence-corrected chi connectivity index (χ2v) is 7.76. The van der Waals surface area contributed by atoms with E-state index in [0.717, 1.165) is 17.7 Å². The van der Waals surface area contributed by atoms with Crippen LogP contribution in [0.4, 0.5) is 0 Å². The number of rotatable bonds is 4. The molecule has 8 heteroatoms. The standard InChI is InChI=1S/C18H22N4O3S/c1-21-14(6-8-20-21)18(24)22-9-7-15-13(22)4-5-16(25-15)17(23)19-11-12-3-2-10-26-12/h2-3,6,8,10,13,15-16H,4-5,7,9,11H2,1H3,(H,19,23)/t13-,15-,16+/m1/s1. The van der Waals surface area contributed by atoms with Gasteiger partial charge in [-0.15, -0.1) is 11.3 Å². The van der Waals surface area contributed by atoms with Crippen LogP contribution in [0.1, 0.15) is 34.6 Å². The Hall–Kier alpha value is -2.19. The lowest BCUT2D eigenvalue weighted by Gasteiger charge is -2.35.